The van der Waals surface area contributed by atoms with Gasteiger partial charge < -0.3 is 20.7 Å². The first-order chi connectivity index (χ1) is 14.5. The number of hydrogen-bond acceptors (Lipinski definition) is 3. The molecule has 2 heterocycles. The van der Waals surface area contributed by atoms with Crippen LogP contribution in [0.5, 0.6) is 0 Å². The number of aryl methyl sites for hydroxylation is 1. The van der Waals surface area contributed by atoms with Gasteiger partial charge in [-0.05, 0) is 29.0 Å². The van der Waals surface area contributed by atoms with Crippen LogP contribution < -0.4 is 10.6 Å². The highest BCUT2D eigenvalue weighted by atomic mass is 16.3. The fraction of sp³-hybridized carbons (Fsp3) is 0.333. The molecule has 3 aromatic rings. The highest BCUT2D eigenvalue weighted by Gasteiger charge is 2.34. The number of amides is 2. The van der Waals surface area contributed by atoms with Crippen molar-refractivity contribution < 1.29 is 14.7 Å². The molecule has 6 nitrogen and oxygen atoms in total. The van der Waals surface area contributed by atoms with Crippen LogP contribution in [0.3, 0.4) is 0 Å². The average molecular weight is 405 g/mol. The van der Waals surface area contributed by atoms with Gasteiger partial charge in [-0.1, -0.05) is 62.4 Å². The summed E-state index contributed by atoms with van der Waals surface area (Å²) in [7, 11) is 0. The van der Waals surface area contributed by atoms with E-state index in [-0.39, 0.29) is 24.8 Å². The summed E-state index contributed by atoms with van der Waals surface area (Å²) in [5, 5.41) is 16.2. The molecule has 0 saturated carbocycles. The van der Waals surface area contributed by atoms with Crippen LogP contribution in [0, 0.1) is 0 Å². The number of fused-ring (bicyclic) bond motifs is 1. The summed E-state index contributed by atoms with van der Waals surface area (Å²) in [6, 6.07) is 15.5. The zero-order valence-electron chi connectivity index (χ0n) is 17.2. The van der Waals surface area contributed by atoms with Crippen molar-refractivity contribution in [1.82, 2.24) is 15.6 Å². The molecule has 1 aliphatic heterocycles. The van der Waals surface area contributed by atoms with Crippen molar-refractivity contribution in [3.05, 3.63) is 59.7 Å². The first-order valence-electron chi connectivity index (χ1n) is 10.4. The lowest BCUT2D eigenvalue weighted by Crippen LogP contribution is -2.45. The van der Waals surface area contributed by atoms with Crippen LogP contribution in [-0.2, 0) is 16.0 Å². The van der Waals surface area contributed by atoms with Crippen LogP contribution in [0.2, 0.25) is 0 Å². The molecule has 156 valence electrons. The number of para-hydroxylation sites is 1. The molecule has 0 radical (unpaired) electrons. The maximum atomic E-state index is 12.5. The van der Waals surface area contributed by atoms with E-state index in [1.165, 1.54) is 5.56 Å². The molecule has 0 unspecified atom stereocenters. The van der Waals surface area contributed by atoms with E-state index in [4.69, 9.17) is 0 Å². The van der Waals surface area contributed by atoms with Crippen LogP contribution in [-0.4, -0.2) is 40.6 Å². The third-order valence-electron chi connectivity index (χ3n) is 5.73. The molecule has 1 aliphatic rings. The van der Waals surface area contributed by atoms with Crippen LogP contribution in [0.4, 0.5) is 0 Å². The van der Waals surface area contributed by atoms with Gasteiger partial charge in [-0.2, -0.15) is 0 Å². The van der Waals surface area contributed by atoms with E-state index in [0.29, 0.717) is 12.3 Å². The minimum atomic E-state index is -0.886. The number of rotatable bonds is 6. The maximum absolute atomic E-state index is 12.5. The van der Waals surface area contributed by atoms with Gasteiger partial charge in [0, 0.05) is 29.6 Å². The zero-order chi connectivity index (χ0) is 21.3. The van der Waals surface area contributed by atoms with Gasteiger partial charge in [0.25, 0.3) is 0 Å². The number of aromatic amines is 1. The number of H-pyrrole nitrogens is 1. The fourth-order valence-corrected chi connectivity index (χ4v) is 4.14. The second kappa shape index (κ2) is 8.32. The molecule has 2 aromatic carbocycles. The number of carbonyl (C=O) groups excluding carboxylic acids is 2. The summed E-state index contributed by atoms with van der Waals surface area (Å²) in [5.74, 6) is -0.214. The first-order valence-corrected chi connectivity index (χ1v) is 10.4. The van der Waals surface area contributed by atoms with E-state index in [9.17, 15) is 14.7 Å². The minimum absolute atomic E-state index is 0.169. The molecule has 6 heteroatoms. The Morgan fingerprint density at radius 2 is 1.93 bits per heavy atom. The molecule has 2 atom stereocenters. The maximum Gasteiger partial charge on any atom is 0.245 e. The number of hydrogen-bond donors (Lipinski definition) is 4. The van der Waals surface area contributed by atoms with Gasteiger partial charge in [0.15, 0.2) is 0 Å². The Morgan fingerprint density at radius 3 is 2.60 bits per heavy atom. The standard InChI is InChI=1S/C24H27N3O3/c1-14(2)16-9-6-10-17-18(21(27-22(16)17)15-7-4-3-5-8-15)11-12-20(29)26-23-19(28)13-25-24(23)30/h3-10,14,19,23,27-28H,11-13H2,1-2H3,(H,25,30)(H,26,29)/t19-,23+/m1/s1. The molecule has 2 amide bonds. The van der Waals surface area contributed by atoms with Gasteiger partial charge in [0.1, 0.15) is 12.1 Å². The van der Waals surface area contributed by atoms with E-state index in [0.717, 1.165) is 27.7 Å². The smallest absolute Gasteiger partial charge is 0.245 e. The lowest BCUT2D eigenvalue weighted by Gasteiger charge is -2.14. The van der Waals surface area contributed by atoms with Gasteiger partial charge in [0.05, 0.1) is 0 Å². The van der Waals surface area contributed by atoms with Gasteiger partial charge >= 0.3 is 0 Å². The largest absolute Gasteiger partial charge is 0.389 e. The Balaban J connectivity index is 1.64. The van der Waals surface area contributed by atoms with Crippen molar-refractivity contribution in [1.29, 1.82) is 0 Å². The zero-order valence-corrected chi connectivity index (χ0v) is 17.2. The van der Waals surface area contributed by atoms with Crippen molar-refractivity contribution in [3.8, 4) is 11.3 Å². The quantitative estimate of drug-likeness (QED) is 0.508. The Morgan fingerprint density at radius 1 is 1.17 bits per heavy atom. The van der Waals surface area contributed by atoms with E-state index >= 15 is 0 Å². The van der Waals surface area contributed by atoms with Gasteiger partial charge in [-0.15, -0.1) is 0 Å². The van der Waals surface area contributed by atoms with E-state index < -0.39 is 12.1 Å². The van der Waals surface area contributed by atoms with Crippen LogP contribution >= 0.6 is 0 Å². The normalized spacial score (nSPS) is 18.7. The molecule has 1 fully saturated rings. The molecular weight excluding hydrogens is 378 g/mol. The lowest BCUT2D eigenvalue weighted by molar-refractivity contribution is -0.128. The molecule has 1 aromatic heterocycles. The summed E-state index contributed by atoms with van der Waals surface area (Å²) in [6.45, 7) is 4.51. The number of β-amino-alcohol motifs (C(OH)–C–C–N with tert-alkyl or cyclic N) is 1. The Labute approximate surface area is 175 Å². The SMILES string of the molecule is CC(C)c1cccc2c(CCC(=O)N[C@@H]3C(=O)NC[C@H]3O)c(-c3ccccc3)[nH]c12. The van der Waals surface area contributed by atoms with Crippen molar-refractivity contribution >= 4 is 22.7 Å². The number of aliphatic hydroxyl groups excluding tert-OH is 1. The summed E-state index contributed by atoms with van der Waals surface area (Å²) < 4.78 is 0. The second-order valence-electron chi connectivity index (χ2n) is 8.13. The van der Waals surface area contributed by atoms with Crippen LogP contribution in [0.25, 0.3) is 22.2 Å². The fourth-order valence-electron chi connectivity index (χ4n) is 4.14. The van der Waals surface area contributed by atoms with Gasteiger partial charge in [-0.25, -0.2) is 0 Å². The third-order valence-corrected chi connectivity index (χ3v) is 5.73. The van der Waals surface area contributed by atoms with Crippen molar-refractivity contribution in [3.63, 3.8) is 0 Å². The van der Waals surface area contributed by atoms with Gasteiger partial charge in [0.2, 0.25) is 11.8 Å². The van der Waals surface area contributed by atoms with E-state index in [1.54, 1.807) is 0 Å². The Bertz CT molecular complexity index is 1070. The van der Waals surface area contributed by atoms with Crippen LogP contribution in [0.15, 0.2) is 48.5 Å². The number of aliphatic hydroxyl groups is 1. The van der Waals surface area contributed by atoms with Crippen molar-refractivity contribution in [2.75, 3.05) is 6.54 Å². The number of aromatic nitrogens is 1. The van der Waals surface area contributed by atoms with Crippen molar-refractivity contribution in [2.45, 2.75) is 44.8 Å². The minimum Gasteiger partial charge on any atom is -0.389 e. The van der Waals surface area contributed by atoms with E-state index in [1.807, 2.05) is 18.2 Å². The lowest BCUT2D eigenvalue weighted by atomic mass is 9.97. The highest BCUT2D eigenvalue weighted by Crippen LogP contribution is 2.35. The molecule has 0 bridgehead atoms. The molecule has 4 N–H and O–H groups in total. The summed E-state index contributed by atoms with van der Waals surface area (Å²) in [6.07, 6.45) is -0.125. The van der Waals surface area contributed by atoms with Crippen molar-refractivity contribution in [2.24, 2.45) is 0 Å². The first kappa shape index (κ1) is 20.2. The second-order valence-corrected chi connectivity index (χ2v) is 8.13. The number of benzene rings is 2. The summed E-state index contributed by atoms with van der Waals surface area (Å²) in [5.41, 5.74) is 5.53. The highest BCUT2D eigenvalue weighted by molar-refractivity contribution is 5.94. The number of carbonyl (C=O) groups is 2. The molecular formula is C24H27N3O3. The third kappa shape index (κ3) is 3.83. The van der Waals surface area contributed by atoms with Crippen LogP contribution in [0.1, 0.15) is 37.3 Å². The topological polar surface area (TPSA) is 94.2 Å². The Kier molecular flexibility index (Phi) is 5.59. The van der Waals surface area contributed by atoms with Gasteiger partial charge in [-0.3, -0.25) is 9.59 Å². The van der Waals surface area contributed by atoms with E-state index in [2.05, 4.69) is 59.8 Å². The Hall–Kier alpha value is -3.12. The summed E-state index contributed by atoms with van der Waals surface area (Å²) >= 11 is 0. The molecule has 30 heavy (non-hydrogen) atoms. The summed E-state index contributed by atoms with van der Waals surface area (Å²) in [4.78, 5) is 27.9. The monoisotopic (exact) mass is 405 g/mol. The molecule has 0 spiro atoms. The predicted octanol–water partition coefficient (Wildman–Crippen LogP) is 2.87. The molecule has 1 saturated heterocycles. The molecule has 0 aliphatic carbocycles. The molecule has 4 rings (SSSR count). The predicted molar refractivity (Wildman–Crippen MR) is 117 cm³/mol. The number of nitrogens with one attached hydrogen (secondary N) is 3. The average Bonchev–Trinajstić information content (AvgIpc) is 3.27.